The van der Waals surface area contributed by atoms with Crippen molar-refractivity contribution in [1.82, 2.24) is 42.5 Å². The molecule has 5 saturated heterocycles. The van der Waals surface area contributed by atoms with Gasteiger partial charge in [0, 0.05) is 19.5 Å². The molecule has 8 atom stereocenters. The van der Waals surface area contributed by atoms with Crippen molar-refractivity contribution in [3.63, 3.8) is 0 Å². The van der Waals surface area contributed by atoms with Crippen LogP contribution in [-0.2, 0) is 19.5 Å². The van der Waals surface area contributed by atoms with E-state index >= 15 is 0 Å². The number of nitrogens with one attached hydrogen (secondary N) is 8. The summed E-state index contributed by atoms with van der Waals surface area (Å²) in [5, 5.41) is 33.8. The van der Waals surface area contributed by atoms with Gasteiger partial charge in [0.05, 0.1) is 49.3 Å². The summed E-state index contributed by atoms with van der Waals surface area (Å²) in [6, 6.07) is 0. The van der Waals surface area contributed by atoms with Crippen LogP contribution in [0.15, 0.2) is 0 Å². The second-order valence-electron chi connectivity index (χ2n) is 15.6. The average molecular weight is 618 g/mol. The van der Waals surface area contributed by atoms with E-state index in [-0.39, 0.29) is 19.5 Å². The van der Waals surface area contributed by atoms with E-state index in [0.717, 1.165) is 47.3 Å². The summed E-state index contributed by atoms with van der Waals surface area (Å²) in [5.74, 6) is 5.97. The van der Waals surface area contributed by atoms with Crippen LogP contribution in [-0.4, -0.2) is 49.3 Å². The van der Waals surface area contributed by atoms with Gasteiger partial charge in [-0.3, -0.25) is 42.5 Å². The van der Waals surface area contributed by atoms with Crippen molar-refractivity contribution >= 4 is 0 Å². The van der Waals surface area contributed by atoms with Crippen molar-refractivity contribution in [2.24, 2.45) is 47.3 Å². The van der Waals surface area contributed by atoms with Gasteiger partial charge in [-0.25, -0.2) is 0 Å². The van der Waals surface area contributed by atoms with Gasteiger partial charge in [-0.05, 0) is 98.7 Å². The van der Waals surface area contributed by atoms with Gasteiger partial charge < -0.3 is 0 Å². The number of hydrogen-bond acceptors (Lipinski definition) is 8. The van der Waals surface area contributed by atoms with Gasteiger partial charge in [-0.1, -0.05) is 51.4 Å². The molecule has 0 radical (unpaired) electrons. The molecule has 8 bridgehead atoms. The molecule has 9 rings (SSSR count). The summed E-state index contributed by atoms with van der Waals surface area (Å²) in [4.78, 5) is 0. The third kappa shape index (κ3) is 5.04. The van der Waals surface area contributed by atoms with E-state index in [4.69, 9.17) is 0 Å². The van der Waals surface area contributed by atoms with Crippen LogP contribution in [0.3, 0.4) is 0 Å². The Bertz CT molecular complexity index is 716. The molecule has 5 aliphatic heterocycles. The van der Waals surface area contributed by atoms with Crippen LogP contribution < -0.4 is 42.5 Å². The fraction of sp³-hybridized carbons (Fsp3) is 1.00. The van der Waals surface area contributed by atoms with E-state index in [1.807, 2.05) is 0 Å². The van der Waals surface area contributed by atoms with Gasteiger partial charge in [-0.2, -0.15) is 0 Å². The summed E-state index contributed by atoms with van der Waals surface area (Å²) < 4.78 is 0. The second kappa shape index (κ2) is 11.9. The molecule has 8 N–H and O–H groups in total. The molecule has 0 amide bonds. The molecule has 8 nitrogen and oxygen atoms in total. The van der Waals surface area contributed by atoms with Crippen LogP contribution in [0.25, 0.3) is 0 Å². The average Bonchev–Trinajstić information content (AvgIpc) is 3.73. The molecule has 0 aromatic heterocycles. The van der Waals surface area contributed by atoms with E-state index in [1.165, 1.54) is 103 Å². The smallest absolute Gasteiger partial charge is 0.0628 e. The molecule has 226 valence electrons. The Hall–Kier alpha value is 0.303. The second-order valence-corrected chi connectivity index (χ2v) is 15.6. The molecule has 9 fully saturated rings. The molecule has 5 heterocycles. The van der Waals surface area contributed by atoms with E-state index < -0.39 is 0 Å². The van der Waals surface area contributed by atoms with Gasteiger partial charge in [0.15, 0.2) is 0 Å². The standard InChI is InChI=1S/C32H56N8.Zn/c1-2-10-18-17(9-1)25-33-26(18)38-28-21-13-5-6-14-22(21)30(35-28)40-32-24-16-8-7-15-23(24)31(36-32)39-29-20-12-4-3-11-19(20)27(34-29)37-25;/h17-40H,1-16H2;. The van der Waals surface area contributed by atoms with Gasteiger partial charge in [0.1, 0.15) is 0 Å². The Morgan fingerprint density at radius 3 is 0.463 bits per heavy atom. The third-order valence-electron chi connectivity index (χ3n) is 13.8. The third-order valence-corrected chi connectivity index (χ3v) is 13.8. The van der Waals surface area contributed by atoms with E-state index in [2.05, 4.69) is 42.5 Å². The zero-order valence-corrected chi connectivity index (χ0v) is 28.2. The van der Waals surface area contributed by atoms with Crippen LogP contribution >= 0.6 is 0 Å². The van der Waals surface area contributed by atoms with Crippen LogP contribution in [0.2, 0.25) is 0 Å². The minimum atomic E-state index is 0. The molecule has 9 aliphatic rings. The Morgan fingerprint density at radius 2 is 0.341 bits per heavy atom. The molecule has 4 aliphatic carbocycles. The van der Waals surface area contributed by atoms with Gasteiger partial charge in [0.25, 0.3) is 0 Å². The van der Waals surface area contributed by atoms with E-state index in [1.54, 1.807) is 0 Å². The molecule has 0 spiro atoms. The van der Waals surface area contributed by atoms with Crippen molar-refractivity contribution in [1.29, 1.82) is 0 Å². The topological polar surface area (TPSA) is 96.2 Å². The van der Waals surface area contributed by atoms with Crippen LogP contribution in [0.1, 0.15) is 103 Å². The summed E-state index contributed by atoms with van der Waals surface area (Å²) in [6.07, 6.45) is 25.6. The molecular weight excluding hydrogens is 562 g/mol. The monoisotopic (exact) mass is 616 g/mol. The first kappa shape index (κ1) is 28.8. The van der Waals surface area contributed by atoms with E-state index in [0.29, 0.717) is 49.3 Å². The Labute approximate surface area is 260 Å². The molecule has 8 unspecified atom stereocenters. The van der Waals surface area contributed by atoms with Crippen molar-refractivity contribution in [2.75, 3.05) is 0 Å². The minimum absolute atomic E-state index is 0. The predicted octanol–water partition coefficient (Wildman–Crippen LogP) is 2.60. The first-order chi connectivity index (χ1) is 19.8. The predicted molar refractivity (Wildman–Crippen MR) is 157 cm³/mol. The minimum Gasteiger partial charge on any atom is -0.286 e. The summed E-state index contributed by atoms with van der Waals surface area (Å²) in [7, 11) is 0. The summed E-state index contributed by atoms with van der Waals surface area (Å²) in [5.41, 5.74) is 0. The van der Waals surface area contributed by atoms with Gasteiger partial charge in [-0.15, -0.1) is 0 Å². The number of hydrogen-bond donors (Lipinski definition) is 8. The zero-order chi connectivity index (χ0) is 26.2. The Kier molecular flexibility index (Phi) is 8.35. The SMILES string of the molecule is C1CCC2C3NC(NC4NC(NC5NC(NC6NC(N3)C3CCCCC63)C3CCCCC53)C3CCCCC43)C2C1.[Zn]. The maximum Gasteiger partial charge on any atom is 0.0628 e. The Morgan fingerprint density at radius 1 is 0.220 bits per heavy atom. The molecule has 0 aromatic carbocycles. The molecule has 9 heteroatoms. The van der Waals surface area contributed by atoms with E-state index in [9.17, 15) is 0 Å². The zero-order valence-electron chi connectivity index (χ0n) is 25.3. The normalized spacial score (nSPS) is 56.2. The first-order valence-electron chi connectivity index (χ1n) is 17.9. The van der Waals surface area contributed by atoms with Crippen LogP contribution in [0.4, 0.5) is 0 Å². The Balaban J connectivity index is 0.00000256. The summed E-state index contributed by atoms with van der Waals surface area (Å²) >= 11 is 0. The van der Waals surface area contributed by atoms with Crippen LogP contribution in [0, 0.1) is 47.3 Å². The maximum absolute atomic E-state index is 4.26. The van der Waals surface area contributed by atoms with Crippen molar-refractivity contribution in [2.45, 2.75) is 152 Å². The number of fused-ring (bicyclic) bond motifs is 20. The molecule has 41 heavy (non-hydrogen) atoms. The van der Waals surface area contributed by atoms with Gasteiger partial charge >= 0.3 is 0 Å². The number of rotatable bonds is 0. The molecule has 0 aromatic rings. The molecular formula is C32H56N8Zn. The fourth-order valence-electron chi connectivity index (χ4n) is 12.0. The largest absolute Gasteiger partial charge is 0.286 e. The quantitative estimate of drug-likeness (QED) is 0.197. The van der Waals surface area contributed by atoms with Crippen molar-refractivity contribution in [3.8, 4) is 0 Å². The molecule has 4 saturated carbocycles. The fourth-order valence-corrected chi connectivity index (χ4v) is 12.0. The van der Waals surface area contributed by atoms with Crippen molar-refractivity contribution in [3.05, 3.63) is 0 Å². The van der Waals surface area contributed by atoms with Crippen LogP contribution in [0.5, 0.6) is 0 Å². The first-order valence-corrected chi connectivity index (χ1v) is 17.9. The van der Waals surface area contributed by atoms with Gasteiger partial charge in [0.2, 0.25) is 0 Å². The maximum atomic E-state index is 4.26. The summed E-state index contributed by atoms with van der Waals surface area (Å²) in [6.45, 7) is 0. The van der Waals surface area contributed by atoms with Crippen molar-refractivity contribution < 1.29 is 19.5 Å².